The molecule has 0 saturated heterocycles. The van der Waals surface area contributed by atoms with Crippen LogP contribution in [0.2, 0.25) is 0 Å². The molecule has 12 heavy (non-hydrogen) atoms. The minimum absolute atomic E-state index is 0.174. The highest BCUT2D eigenvalue weighted by Crippen LogP contribution is 2.15. The Bertz CT molecular complexity index is 251. The Hall–Kier alpha value is -1.28. The number of allylic oxidation sites excluding steroid dienone is 2. The highest BCUT2D eigenvalue weighted by molar-refractivity contribution is 5.80. The van der Waals surface area contributed by atoms with Crippen molar-refractivity contribution in [1.29, 1.82) is 0 Å². The fraction of sp³-hybridized carbons (Fsp3) is 0.625. The highest BCUT2D eigenvalue weighted by atomic mass is 16.1. The van der Waals surface area contributed by atoms with Gasteiger partial charge in [-0.15, -0.1) is 0 Å². The summed E-state index contributed by atoms with van der Waals surface area (Å²) in [7, 11) is 0. The lowest BCUT2D eigenvalue weighted by atomic mass is 10.0. The van der Waals surface area contributed by atoms with E-state index in [4.69, 9.17) is 5.53 Å². The molecule has 0 N–H and O–H groups in total. The average Bonchev–Trinajstić information content (AvgIpc) is 2.00. The van der Waals surface area contributed by atoms with Gasteiger partial charge >= 0.3 is 0 Å². The van der Waals surface area contributed by atoms with E-state index >= 15 is 0 Å². The number of ketones is 1. The molecule has 0 amide bonds. The third-order valence-electron chi connectivity index (χ3n) is 1.84. The van der Waals surface area contributed by atoms with Gasteiger partial charge in [0.15, 0.2) is 0 Å². The molecule has 1 rings (SSSR count). The van der Waals surface area contributed by atoms with Crippen molar-refractivity contribution in [3.8, 4) is 0 Å². The Morgan fingerprint density at radius 3 is 3.08 bits per heavy atom. The number of azide groups is 1. The summed E-state index contributed by atoms with van der Waals surface area (Å²) in [6, 6.07) is 0. The first kappa shape index (κ1) is 8.81. The lowest BCUT2D eigenvalue weighted by molar-refractivity contribution is -0.118. The molecule has 1 aliphatic carbocycles. The number of hydrogen-bond acceptors (Lipinski definition) is 2. The zero-order valence-corrected chi connectivity index (χ0v) is 6.86. The SMILES string of the molecule is [N-]=[N+]=N/C1=C/CCCCC(=O)C1. The summed E-state index contributed by atoms with van der Waals surface area (Å²) >= 11 is 0. The maximum atomic E-state index is 11.1. The minimum atomic E-state index is 0.174. The van der Waals surface area contributed by atoms with Crippen LogP contribution < -0.4 is 0 Å². The van der Waals surface area contributed by atoms with Crippen LogP contribution in [0.25, 0.3) is 10.4 Å². The summed E-state index contributed by atoms with van der Waals surface area (Å²) in [5, 5.41) is 3.46. The topological polar surface area (TPSA) is 65.8 Å². The molecule has 64 valence electrons. The van der Waals surface area contributed by atoms with Crippen molar-refractivity contribution in [3.05, 3.63) is 22.2 Å². The summed E-state index contributed by atoms with van der Waals surface area (Å²) < 4.78 is 0. The first-order valence-corrected chi connectivity index (χ1v) is 4.09. The van der Waals surface area contributed by atoms with Gasteiger partial charge < -0.3 is 0 Å². The molecule has 4 heteroatoms. The quantitative estimate of drug-likeness (QED) is 0.334. The molecule has 0 radical (unpaired) electrons. The van der Waals surface area contributed by atoms with Crippen LogP contribution in [-0.2, 0) is 4.79 Å². The minimum Gasteiger partial charge on any atom is -0.299 e. The third-order valence-corrected chi connectivity index (χ3v) is 1.84. The Labute approximate surface area is 70.9 Å². The molecular formula is C8H11N3O. The van der Waals surface area contributed by atoms with Crippen LogP contribution in [0.5, 0.6) is 0 Å². The van der Waals surface area contributed by atoms with E-state index in [0.29, 0.717) is 18.5 Å². The molecule has 0 spiro atoms. The molecule has 0 bridgehead atoms. The van der Waals surface area contributed by atoms with Crippen LogP contribution in [0.4, 0.5) is 0 Å². The molecule has 1 aliphatic rings. The molecule has 0 atom stereocenters. The second-order valence-electron chi connectivity index (χ2n) is 2.85. The normalized spacial score (nSPS) is 23.0. The monoisotopic (exact) mass is 165 g/mol. The van der Waals surface area contributed by atoms with Crippen molar-refractivity contribution < 1.29 is 4.79 Å². The maximum Gasteiger partial charge on any atom is 0.137 e. The number of rotatable bonds is 1. The van der Waals surface area contributed by atoms with Gasteiger partial charge in [0.1, 0.15) is 5.78 Å². The largest absolute Gasteiger partial charge is 0.299 e. The third kappa shape index (κ3) is 2.76. The molecule has 4 nitrogen and oxygen atoms in total. The summed E-state index contributed by atoms with van der Waals surface area (Å²) in [4.78, 5) is 13.8. The van der Waals surface area contributed by atoms with E-state index in [0.717, 1.165) is 19.3 Å². The Kier molecular flexibility index (Phi) is 3.35. The smallest absolute Gasteiger partial charge is 0.137 e. The van der Waals surface area contributed by atoms with Gasteiger partial charge in [-0.05, 0) is 24.8 Å². The van der Waals surface area contributed by atoms with Gasteiger partial charge in [-0.1, -0.05) is 11.2 Å². The van der Waals surface area contributed by atoms with Crippen LogP contribution in [0.1, 0.15) is 32.1 Å². The van der Waals surface area contributed by atoms with E-state index in [1.807, 2.05) is 6.08 Å². The van der Waals surface area contributed by atoms with Gasteiger partial charge in [-0.2, -0.15) is 0 Å². The molecule has 0 heterocycles. The molecule has 0 aromatic carbocycles. The molecule has 0 aliphatic heterocycles. The lowest BCUT2D eigenvalue weighted by Gasteiger charge is -2.05. The molecule has 0 fully saturated rings. The number of Topliss-reactive ketones (excluding diaryl/α,β-unsaturated/α-hetero) is 1. The Morgan fingerprint density at radius 2 is 2.33 bits per heavy atom. The summed E-state index contributed by atoms with van der Waals surface area (Å²) in [5.74, 6) is 0.174. The molecule has 0 aromatic heterocycles. The van der Waals surface area contributed by atoms with Crippen molar-refractivity contribution in [3.63, 3.8) is 0 Å². The molecule has 0 saturated carbocycles. The predicted octanol–water partition coefficient (Wildman–Crippen LogP) is 2.71. The summed E-state index contributed by atoms with van der Waals surface area (Å²) in [6.45, 7) is 0. The van der Waals surface area contributed by atoms with Crippen molar-refractivity contribution in [2.75, 3.05) is 0 Å². The lowest BCUT2D eigenvalue weighted by Crippen LogP contribution is -2.00. The van der Waals surface area contributed by atoms with Crippen molar-refractivity contribution in [2.24, 2.45) is 5.11 Å². The van der Waals surface area contributed by atoms with E-state index in [9.17, 15) is 4.79 Å². The van der Waals surface area contributed by atoms with Gasteiger partial charge in [-0.3, -0.25) is 4.79 Å². The number of hydrogen-bond donors (Lipinski definition) is 0. The first-order valence-electron chi connectivity index (χ1n) is 4.09. The van der Waals surface area contributed by atoms with Gasteiger partial charge in [0.05, 0.1) is 0 Å². The zero-order valence-electron chi connectivity index (χ0n) is 6.86. The Balaban J connectivity index is 2.67. The van der Waals surface area contributed by atoms with Gasteiger partial charge in [0.2, 0.25) is 0 Å². The number of carbonyl (C=O) groups is 1. The van der Waals surface area contributed by atoms with E-state index < -0.39 is 0 Å². The standard InChI is InChI=1S/C8H11N3O/c9-11-10-7-4-2-1-3-5-8(12)6-7/h4H,1-3,5-6H2/b7-4+. The van der Waals surface area contributed by atoms with E-state index in [-0.39, 0.29) is 5.78 Å². The zero-order chi connectivity index (χ0) is 8.81. The van der Waals surface area contributed by atoms with Gasteiger partial charge in [0.25, 0.3) is 0 Å². The fourth-order valence-corrected chi connectivity index (χ4v) is 1.23. The Morgan fingerprint density at radius 1 is 1.50 bits per heavy atom. The molecule has 0 aromatic rings. The van der Waals surface area contributed by atoms with Crippen LogP contribution in [0, 0.1) is 0 Å². The van der Waals surface area contributed by atoms with Crippen molar-refractivity contribution >= 4 is 5.78 Å². The molecule has 0 unspecified atom stereocenters. The first-order chi connectivity index (χ1) is 5.83. The van der Waals surface area contributed by atoms with Gasteiger partial charge in [0, 0.05) is 23.5 Å². The number of carbonyl (C=O) groups excluding carboxylic acids is 1. The second-order valence-corrected chi connectivity index (χ2v) is 2.85. The van der Waals surface area contributed by atoms with E-state index in [1.165, 1.54) is 0 Å². The summed E-state index contributed by atoms with van der Waals surface area (Å²) in [6.07, 6.45) is 5.68. The average molecular weight is 165 g/mol. The molecular weight excluding hydrogens is 154 g/mol. The summed E-state index contributed by atoms with van der Waals surface area (Å²) in [5.41, 5.74) is 8.76. The maximum absolute atomic E-state index is 11.1. The highest BCUT2D eigenvalue weighted by Gasteiger charge is 2.07. The second kappa shape index (κ2) is 4.57. The predicted molar refractivity (Wildman–Crippen MR) is 45.3 cm³/mol. The number of nitrogens with zero attached hydrogens (tertiary/aromatic N) is 3. The van der Waals surface area contributed by atoms with Crippen LogP contribution in [0.15, 0.2) is 16.9 Å². The van der Waals surface area contributed by atoms with E-state index in [2.05, 4.69) is 10.0 Å². The van der Waals surface area contributed by atoms with Crippen LogP contribution >= 0.6 is 0 Å². The van der Waals surface area contributed by atoms with Crippen molar-refractivity contribution in [1.82, 2.24) is 0 Å². The van der Waals surface area contributed by atoms with Crippen molar-refractivity contribution in [2.45, 2.75) is 32.1 Å². The van der Waals surface area contributed by atoms with E-state index in [1.54, 1.807) is 0 Å². The van der Waals surface area contributed by atoms with Gasteiger partial charge in [-0.25, -0.2) is 0 Å². The fourth-order valence-electron chi connectivity index (χ4n) is 1.23. The van der Waals surface area contributed by atoms with Crippen LogP contribution in [0.3, 0.4) is 0 Å². The van der Waals surface area contributed by atoms with Crippen LogP contribution in [-0.4, -0.2) is 5.78 Å².